The lowest BCUT2D eigenvalue weighted by Crippen LogP contribution is -2.47. The molecular formula is C15H22O3. The first kappa shape index (κ1) is 14.7. The summed E-state index contributed by atoms with van der Waals surface area (Å²) in [5.74, 6) is 0.329. The minimum Gasteiger partial charge on any atom is -0.424 e. The van der Waals surface area contributed by atoms with Gasteiger partial charge in [0.25, 0.3) is 0 Å². The van der Waals surface area contributed by atoms with Crippen molar-refractivity contribution in [2.45, 2.75) is 39.7 Å². The topological polar surface area (TPSA) is 35.5 Å². The number of para-hydroxylation sites is 1. The largest absolute Gasteiger partial charge is 0.424 e. The highest BCUT2D eigenvalue weighted by molar-refractivity contribution is 5.81. The van der Waals surface area contributed by atoms with Crippen molar-refractivity contribution in [3.8, 4) is 5.75 Å². The van der Waals surface area contributed by atoms with Crippen LogP contribution in [0.5, 0.6) is 5.75 Å². The third-order valence-corrected chi connectivity index (χ3v) is 3.36. The van der Waals surface area contributed by atoms with Crippen LogP contribution in [-0.2, 0) is 9.53 Å². The molecule has 0 saturated carbocycles. The van der Waals surface area contributed by atoms with Gasteiger partial charge in [0.1, 0.15) is 5.75 Å². The Labute approximate surface area is 109 Å². The minimum atomic E-state index is -0.890. The van der Waals surface area contributed by atoms with E-state index in [0.717, 1.165) is 6.42 Å². The van der Waals surface area contributed by atoms with Gasteiger partial charge in [-0.1, -0.05) is 38.5 Å². The maximum absolute atomic E-state index is 12.3. The Morgan fingerprint density at radius 1 is 1.28 bits per heavy atom. The first-order chi connectivity index (χ1) is 8.54. The van der Waals surface area contributed by atoms with Crippen LogP contribution >= 0.6 is 0 Å². The summed E-state index contributed by atoms with van der Waals surface area (Å²) in [6.07, 6.45) is 0.861. The fourth-order valence-electron chi connectivity index (χ4n) is 1.79. The summed E-state index contributed by atoms with van der Waals surface area (Å²) in [4.78, 5) is 12.3. The average molecular weight is 250 g/mol. The van der Waals surface area contributed by atoms with Crippen LogP contribution in [-0.4, -0.2) is 18.2 Å². The Morgan fingerprint density at radius 2 is 1.89 bits per heavy atom. The first-order valence-corrected chi connectivity index (χ1v) is 6.45. The van der Waals surface area contributed by atoms with E-state index in [1.165, 1.54) is 0 Å². The van der Waals surface area contributed by atoms with Gasteiger partial charge in [0.15, 0.2) is 5.60 Å². The molecule has 18 heavy (non-hydrogen) atoms. The van der Waals surface area contributed by atoms with Crippen LogP contribution in [0.2, 0.25) is 0 Å². The molecule has 0 N–H and O–H groups in total. The molecule has 0 saturated heterocycles. The van der Waals surface area contributed by atoms with Crippen molar-refractivity contribution in [3.05, 3.63) is 30.3 Å². The predicted octanol–water partition coefficient (Wildman–Crippen LogP) is 3.43. The summed E-state index contributed by atoms with van der Waals surface area (Å²) in [5, 5.41) is 0. The number of hydrogen-bond donors (Lipinski definition) is 0. The Kier molecular flexibility index (Phi) is 5.35. The average Bonchev–Trinajstić information content (AvgIpc) is 2.39. The Hall–Kier alpha value is -1.35. The van der Waals surface area contributed by atoms with Crippen LogP contribution in [0.4, 0.5) is 0 Å². The molecule has 0 aliphatic carbocycles. The maximum Gasteiger partial charge on any atom is 0.343 e. The van der Waals surface area contributed by atoms with Gasteiger partial charge in [-0.15, -0.1) is 0 Å². The Bertz CT molecular complexity index is 375. The van der Waals surface area contributed by atoms with Crippen LogP contribution in [0.3, 0.4) is 0 Å². The van der Waals surface area contributed by atoms with Crippen LogP contribution < -0.4 is 4.74 Å². The third-order valence-electron chi connectivity index (χ3n) is 3.36. The lowest BCUT2D eigenvalue weighted by atomic mass is 9.88. The quantitative estimate of drug-likeness (QED) is 0.573. The number of carbonyl (C=O) groups is 1. The number of rotatable bonds is 6. The lowest BCUT2D eigenvalue weighted by Gasteiger charge is -2.32. The number of benzene rings is 1. The maximum atomic E-state index is 12.3. The molecule has 2 unspecified atom stereocenters. The molecule has 1 rings (SSSR count). The van der Waals surface area contributed by atoms with Gasteiger partial charge in [-0.2, -0.15) is 0 Å². The monoisotopic (exact) mass is 250 g/mol. The summed E-state index contributed by atoms with van der Waals surface area (Å²) < 4.78 is 11.0. The molecule has 3 heteroatoms. The predicted molar refractivity (Wildman–Crippen MR) is 71.6 cm³/mol. The zero-order valence-electron chi connectivity index (χ0n) is 11.6. The molecule has 1 aromatic carbocycles. The van der Waals surface area contributed by atoms with Gasteiger partial charge < -0.3 is 9.47 Å². The molecule has 3 nitrogen and oxygen atoms in total. The number of hydrogen-bond acceptors (Lipinski definition) is 3. The van der Waals surface area contributed by atoms with Crippen molar-refractivity contribution >= 4 is 5.97 Å². The number of esters is 1. The van der Waals surface area contributed by atoms with Crippen LogP contribution in [0.1, 0.15) is 34.1 Å². The zero-order valence-corrected chi connectivity index (χ0v) is 11.6. The Balaban J connectivity index is 2.83. The van der Waals surface area contributed by atoms with E-state index >= 15 is 0 Å². The summed E-state index contributed by atoms with van der Waals surface area (Å²) >= 11 is 0. The molecule has 2 atom stereocenters. The van der Waals surface area contributed by atoms with Gasteiger partial charge in [-0.25, -0.2) is 4.79 Å². The number of ether oxygens (including phenoxy) is 2. The minimum absolute atomic E-state index is 0.105. The van der Waals surface area contributed by atoms with Gasteiger partial charge in [0.05, 0.1) is 0 Å². The highest BCUT2D eigenvalue weighted by Crippen LogP contribution is 2.27. The molecule has 0 fully saturated rings. The third kappa shape index (κ3) is 3.33. The van der Waals surface area contributed by atoms with E-state index in [4.69, 9.17) is 9.47 Å². The summed E-state index contributed by atoms with van der Waals surface area (Å²) in [6, 6.07) is 9.09. The summed E-state index contributed by atoms with van der Waals surface area (Å²) in [7, 11) is 0. The molecule has 100 valence electrons. The second-order valence-electron chi connectivity index (χ2n) is 4.55. The molecule has 0 amide bonds. The first-order valence-electron chi connectivity index (χ1n) is 6.45. The van der Waals surface area contributed by atoms with Gasteiger partial charge in [0.2, 0.25) is 0 Å². The van der Waals surface area contributed by atoms with Crippen molar-refractivity contribution in [2.24, 2.45) is 5.92 Å². The van der Waals surface area contributed by atoms with Crippen molar-refractivity contribution in [1.82, 2.24) is 0 Å². The van der Waals surface area contributed by atoms with E-state index < -0.39 is 5.60 Å². The SMILES string of the molecule is CCOC(C)(C(=O)Oc1ccccc1)C(C)CC. The normalized spacial score (nSPS) is 15.8. The van der Waals surface area contributed by atoms with Crippen LogP contribution in [0.25, 0.3) is 0 Å². The van der Waals surface area contributed by atoms with E-state index in [1.54, 1.807) is 19.1 Å². The summed E-state index contributed by atoms with van der Waals surface area (Å²) in [5.41, 5.74) is -0.890. The van der Waals surface area contributed by atoms with Crippen molar-refractivity contribution < 1.29 is 14.3 Å². The molecule has 0 bridgehead atoms. The standard InChI is InChI=1S/C15H22O3/c1-5-12(3)15(4,17-6-2)14(16)18-13-10-8-7-9-11-13/h7-12H,5-6H2,1-4H3. The fraction of sp³-hybridized carbons (Fsp3) is 0.533. The lowest BCUT2D eigenvalue weighted by molar-refractivity contribution is -0.167. The molecular weight excluding hydrogens is 228 g/mol. The van der Waals surface area contributed by atoms with E-state index in [9.17, 15) is 4.79 Å². The Morgan fingerprint density at radius 3 is 2.39 bits per heavy atom. The van der Waals surface area contributed by atoms with Crippen molar-refractivity contribution in [3.63, 3.8) is 0 Å². The van der Waals surface area contributed by atoms with Gasteiger partial charge in [0, 0.05) is 6.61 Å². The second-order valence-corrected chi connectivity index (χ2v) is 4.55. The fourth-order valence-corrected chi connectivity index (χ4v) is 1.79. The van der Waals surface area contributed by atoms with Gasteiger partial charge in [-0.3, -0.25) is 0 Å². The second kappa shape index (κ2) is 6.55. The zero-order chi connectivity index (χ0) is 13.6. The number of carbonyl (C=O) groups excluding carboxylic acids is 1. The highest BCUT2D eigenvalue weighted by atomic mass is 16.6. The van der Waals surface area contributed by atoms with Crippen molar-refractivity contribution in [2.75, 3.05) is 6.61 Å². The van der Waals surface area contributed by atoms with Crippen LogP contribution in [0, 0.1) is 5.92 Å². The van der Waals surface area contributed by atoms with E-state index in [0.29, 0.717) is 12.4 Å². The van der Waals surface area contributed by atoms with Gasteiger partial charge in [-0.05, 0) is 31.9 Å². The molecule has 0 aromatic heterocycles. The van der Waals surface area contributed by atoms with Crippen LogP contribution in [0.15, 0.2) is 30.3 Å². The van der Waals surface area contributed by atoms with E-state index in [-0.39, 0.29) is 11.9 Å². The summed E-state index contributed by atoms with van der Waals surface area (Å²) in [6.45, 7) is 8.22. The molecule has 0 aliphatic heterocycles. The molecule has 1 aromatic rings. The van der Waals surface area contributed by atoms with E-state index in [2.05, 4.69) is 0 Å². The smallest absolute Gasteiger partial charge is 0.343 e. The molecule has 0 radical (unpaired) electrons. The molecule has 0 heterocycles. The molecule has 0 aliphatic rings. The highest BCUT2D eigenvalue weighted by Gasteiger charge is 2.40. The van der Waals surface area contributed by atoms with Crippen molar-refractivity contribution in [1.29, 1.82) is 0 Å². The molecule has 0 spiro atoms. The van der Waals surface area contributed by atoms with Gasteiger partial charge >= 0.3 is 5.97 Å². The van der Waals surface area contributed by atoms with E-state index in [1.807, 2.05) is 39.0 Å².